The largest absolute Gasteiger partial charge is 0.508 e. The molecule has 0 radical (unpaired) electrons. The maximum Gasteiger partial charge on any atom is 0.270 e. The molecule has 25 heavy (non-hydrogen) atoms. The minimum Gasteiger partial charge on any atom is -0.508 e. The lowest BCUT2D eigenvalue weighted by Crippen LogP contribution is -2.25. The molecule has 0 saturated carbocycles. The van der Waals surface area contributed by atoms with E-state index < -0.39 is 0 Å². The van der Waals surface area contributed by atoms with Gasteiger partial charge in [-0.3, -0.25) is 4.79 Å². The van der Waals surface area contributed by atoms with Crippen LogP contribution >= 0.6 is 11.3 Å². The first kappa shape index (κ1) is 17.2. The Morgan fingerprint density at radius 2 is 2.04 bits per heavy atom. The lowest BCUT2D eigenvalue weighted by atomic mass is 10.1. The number of benzene rings is 2. The van der Waals surface area contributed by atoms with Gasteiger partial charge in [-0.15, -0.1) is 11.3 Å². The van der Waals surface area contributed by atoms with E-state index in [2.05, 4.69) is 36.3 Å². The van der Waals surface area contributed by atoms with E-state index in [1.54, 1.807) is 23.6 Å². The van der Waals surface area contributed by atoms with Gasteiger partial charge in [-0.25, -0.2) is 4.98 Å². The second-order valence-electron chi connectivity index (χ2n) is 6.03. The van der Waals surface area contributed by atoms with Crippen LogP contribution in [0.1, 0.15) is 27.2 Å². The zero-order valence-electron chi connectivity index (χ0n) is 14.2. The van der Waals surface area contributed by atoms with Crippen molar-refractivity contribution in [3.05, 3.63) is 70.2 Å². The Kier molecular flexibility index (Phi) is 5.14. The lowest BCUT2D eigenvalue weighted by Gasteiger charge is -2.05. The second kappa shape index (κ2) is 7.49. The fourth-order valence-corrected chi connectivity index (χ4v) is 3.57. The average molecular weight is 352 g/mol. The van der Waals surface area contributed by atoms with Gasteiger partial charge in [-0.2, -0.15) is 0 Å². The van der Waals surface area contributed by atoms with Crippen LogP contribution in [0, 0.1) is 13.8 Å². The third-order valence-electron chi connectivity index (χ3n) is 3.96. The predicted octanol–water partition coefficient (Wildman–Crippen LogP) is 4.11. The molecule has 0 saturated heterocycles. The number of carbonyl (C=O) groups is 1. The molecule has 3 aromatic rings. The summed E-state index contributed by atoms with van der Waals surface area (Å²) in [6.45, 7) is 4.61. The van der Waals surface area contributed by atoms with Crippen LogP contribution < -0.4 is 5.32 Å². The summed E-state index contributed by atoms with van der Waals surface area (Å²) < 4.78 is 0. The lowest BCUT2D eigenvalue weighted by molar-refractivity contribution is 0.0950. The highest BCUT2D eigenvalue weighted by atomic mass is 32.1. The molecule has 0 aliphatic carbocycles. The van der Waals surface area contributed by atoms with Gasteiger partial charge in [0.1, 0.15) is 16.5 Å². The summed E-state index contributed by atoms with van der Waals surface area (Å²) in [6, 6.07) is 13.3. The van der Waals surface area contributed by atoms with Gasteiger partial charge in [-0.1, -0.05) is 35.9 Å². The second-order valence-corrected chi connectivity index (χ2v) is 6.89. The number of nitrogens with zero attached hydrogens (tertiary/aromatic N) is 1. The van der Waals surface area contributed by atoms with Crippen LogP contribution in [-0.2, 0) is 6.42 Å². The Labute approximate surface area is 151 Å². The van der Waals surface area contributed by atoms with E-state index >= 15 is 0 Å². The summed E-state index contributed by atoms with van der Waals surface area (Å²) in [6.07, 6.45) is 0.661. The number of amides is 1. The molecule has 2 N–H and O–H groups in total. The normalized spacial score (nSPS) is 10.6. The van der Waals surface area contributed by atoms with Crippen LogP contribution in [0.2, 0.25) is 0 Å². The van der Waals surface area contributed by atoms with Gasteiger partial charge < -0.3 is 10.4 Å². The Balaban J connectivity index is 1.62. The van der Waals surface area contributed by atoms with E-state index in [4.69, 9.17) is 0 Å². The van der Waals surface area contributed by atoms with Crippen molar-refractivity contribution in [2.45, 2.75) is 20.3 Å². The van der Waals surface area contributed by atoms with E-state index in [1.165, 1.54) is 16.9 Å². The van der Waals surface area contributed by atoms with Crippen LogP contribution in [0.4, 0.5) is 0 Å². The molecule has 2 aromatic carbocycles. The van der Waals surface area contributed by atoms with E-state index in [1.807, 2.05) is 12.1 Å². The third-order valence-corrected chi connectivity index (χ3v) is 4.83. The molecule has 0 fully saturated rings. The molecular formula is C20H20N2O2S. The fourth-order valence-electron chi connectivity index (χ4n) is 2.68. The summed E-state index contributed by atoms with van der Waals surface area (Å²) in [4.78, 5) is 16.7. The smallest absolute Gasteiger partial charge is 0.270 e. The van der Waals surface area contributed by atoms with Crippen molar-refractivity contribution in [2.24, 2.45) is 0 Å². The summed E-state index contributed by atoms with van der Waals surface area (Å²) >= 11 is 1.48. The molecule has 128 valence electrons. The molecule has 3 rings (SSSR count). The number of aryl methyl sites for hydroxylation is 2. The van der Waals surface area contributed by atoms with Crippen molar-refractivity contribution in [2.75, 3.05) is 6.54 Å². The molecule has 4 nitrogen and oxygen atoms in total. The number of carbonyl (C=O) groups excluding carboxylic acids is 1. The average Bonchev–Trinajstić information content (AvgIpc) is 3.04. The predicted molar refractivity (Wildman–Crippen MR) is 101 cm³/mol. The van der Waals surface area contributed by atoms with Gasteiger partial charge in [0.25, 0.3) is 5.91 Å². The number of nitrogens with one attached hydrogen (secondary N) is 1. The number of hydrogen-bond acceptors (Lipinski definition) is 4. The summed E-state index contributed by atoms with van der Waals surface area (Å²) in [5.74, 6) is 0.0638. The first-order chi connectivity index (χ1) is 12.0. The van der Waals surface area contributed by atoms with Crippen LogP contribution in [0.3, 0.4) is 0 Å². The highest BCUT2D eigenvalue weighted by molar-refractivity contribution is 7.13. The van der Waals surface area contributed by atoms with Gasteiger partial charge in [-0.05, 0) is 43.5 Å². The Morgan fingerprint density at radius 1 is 1.20 bits per heavy atom. The van der Waals surface area contributed by atoms with Crippen LogP contribution in [0.5, 0.6) is 5.75 Å². The van der Waals surface area contributed by atoms with Gasteiger partial charge in [0.2, 0.25) is 0 Å². The number of phenolic OH excluding ortho intramolecular Hbond substituents is 1. The first-order valence-electron chi connectivity index (χ1n) is 8.12. The molecule has 0 atom stereocenters. The summed E-state index contributed by atoms with van der Waals surface area (Å²) in [7, 11) is 0. The topological polar surface area (TPSA) is 62.2 Å². The maximum absolute atomic E-state index is 12.3. The molecule has 0 unspecified atom stereocenters. The van der Waals surface area contributed by atoms with Gasteiger partial charge in [0.05, 0.1) is 0 Å². The number of phenols is 1. The number of rotatable bonds is 5. The van der Waals surface area contributed by atoms with Crippen molar-refractivity contribution >= 4 is 17.2 Å². The minimum atomic E-state index is -0.174. The van der Waals surface area contributed by atoms with Gasteiger partial charge in [0.15, 0.2) is 0 Å². The summed E-state index contributed by atoms with van der Waals surface area (Å²) in [5.41, 5.74) is 4.85. The van der Waals surface area contributed by atoms with Crippen molar-refractivity contribution in [1.29, 1.82) is 0 Å². The third kappa shape index (κ3) is 4.25. The number of hydrogen-bond donors (Lipinski definition) is 2. The standard InChI is InChI=1S/C20H20N2O2S/c1-13-6-7-17(14(2)10-13)20-22-18(12-25-20)19(24)21-9-8-15-4-3-5-16(23)11-15/h3-7,10-12,23H,8-9H2,1-2H3,(H,21,24). The minimum absolute atomic E-state index is 0.174. The fraction of sp³-hybridized carbons (Fsp3) is 0.200. The van der Waals surface area contributed by atoms with Gasteiger partial charge in [0, 0.05) is 17.5 Å². The summed E-state index contributed by atoms with van der Waals surface area (Å²) in [5, 5.41) is 15.0. The zero-order chi connectivity index (χ0) is 17.8. The number of aromatic hydroxyl groups is 1. The number of thiazole rings is 1. The van der Waals surface area contributed by atoms with E-state index in [-0.39, 0.29) is 11.7 Å². The van der Waals surface area contributed by atoms with Crippen molar-refractivity contribution in [3.8, 4) is 16.3 Å². The van der Waals surface area contributed by atoms with Crippen LogP contribution in [0.25, 0.3) is 10.6 Å². The molecule has 1 amide bonds. The Morgan fingerprint density at radius 3 is 2.80 bits per heavy atom. The molecule has 5 heteroatoms. The SMILES string of the molecule is Cc1ccc(-c2nc(C(=O)NCCc3cccc(O)c3)cs2)c(C)c1. The van der Waals surface area contributed by atoms with Crippen LogP contribution in [0.15, 0.2) is 47.8 Å². The molecule has 1 aromatic heterocycles. The van der Waals surface area contributed by atoms with E-state index in [0.717, 1.165) is 21.7 Å². The number of aromatic nitrogens is 1. The zero-order valence-corrected chi connectivity index (χ0v) is 15.1. The highest BCUT2D eigenvalue weighted by Gasteiger charge is 2.12. The molecule has 0 bridgehead atoms. The van der Waals surface area contributed by atoms with Crippen molar-refractivity contribution in [3.63, 3.8) is 0 Å². The van der Waals surface area contributed by atoms with Crippen LogP contribution in [-0.4, -0.2) is 22.5 Å². The molecule has 0 aliphatic heterocycles. The van der Waals surface area contributed by atoms with Crippen molar-refractivity contribution in [1.82, 2.24) is 10.3 Å². The first-order valence-corrected chi connectivity index (χ1v) is 9.00. The highest BCUT2D eigenvalue weighted by Crippen LogP contribution is 2.27. The maximum atomic E-state index is 12.3. The quantitative estimate of drug-likeness (QED) is 0.726. The molecule has 1 heterocycles. The van der Waals surface area contributed by atoms with Gasteiger partial charge >= 0.3 is 0 Å². The Bertz CT molecular complexity index is 902. The van der Waals surface area contributed by atoms with Crippen molar-refractivity contribution < 1.29 is 9.90 Å². The molecule has 0 aliphatic rings. The Hall–Kier alpha value is -2.66. The molecule has 0 spiro atoms. The van der Waals surface area contributed by atoms with E-state index in [0.29, 0.717) is 18.7 Å². The monoisotopic (exact) mass is 352 g/mol. The van der Waals surface area contributed by atoms with E-state index in [9.17, 15) is 9.90 Å². The molecular weight excluding hydrogens is 332 g/mol.